The van der Waals surface area contributed by atoms with Crippen molar-refractivity contribution >= 4 is 33.9 Å². The summed E-state index contributed by atoms with van der Waals surface area (Å²) in [5, 5.41) is 0.690. The third-order valence-electron chi connectivity index (χ3n) is 3.70. The maximum absolute atomic E-state index is 11.9. The lowest BCUT2D eigenvalue weighted by Crippen LogP contribution is -2.33. The first kappa shape index (κ1) is 15.6. The molecule has 0 atom stereocenters. The minimum absolute atomic E-state index is 0.138. The Morgan fingerprint density at radius 1 is 1.38 bits per heavy atom. The number of primary amides is 1. The van der Waals surface area contributed by atoms with Crippen molar-refractivity contribution < 1.29 is 14.3 Å². The molecule has 0 bridgehead atoms. The zero-order valence-corrected chi connectivity index (χ0v) is 13.2. The number of ether oxygens (including phenoxy) is 1. The third kappa shape index (κ3) is 3.12. The summed E-state index contributed by atoms with van der Waals surface area (Å²) in [6.45, 7) is 5.87. The first-order valence-corrected chi connectivity index (χ1v) is 7.91. The van der Waals surface area contributed by atoms with Gasteiger partial charge in [0.15, 0.2) is 0 Å². The van der Waals surface area contributed by atoms with Gasteiger partial charge in [-0.05, 0) is 25.7 Å². The molecular weight excluding hydrogens is 290 g/mol. The molecule has 0 aromatic carbocycles. The zero-order chi connectivity index (χ0) is 15.6. The number of hydrogen-bond donors (Lipinski definition) is 2. The van der Waals surface area contributed by atoms with Gasteiger partial charge >= 0.3 is 5.97 Å². The summed E-state index contributed by atoms with van der Waals surface area (Å²) in [5.41, 5.74) is 11.8. The number of esters is 1. The first-order chi connectivity index (χ1) is 9.95. The lowest BCUT2D eigenvalue weighted by molar-refractivity contribution is 0.0533. The first-order valence-electron chi connectivity index (χ1n) is 7.09. The number of nitrogen functional groups attached to an aromatic ring is 1. The van der Waals surface area contributed by atoms with Crippen molar-refractivity contribution in [2.45, 2.75) is 26.7 Å². The van der Waals surface area contributed by atoms with E-state index in [0.717, 1.165) is 25.9 Å². The van der Waals surface area contributed by atoms with Crippen molar-refractivity contribution in [3.8, 4) is 0 Å². The van der Waals surface area contributed by atoms with Crippen molar-refractivity contribution in [3.05, 3.63) is 10.4 Å². The van der Waals surface area contributed by atoms with Crippen LogP contribution in [0.15, 0.2) is 0 Å². The van der Waals surface area contributed by atoms with Gasteiger partial charge in [-0.25, -0.2) is 4.79 Å². The summed E-state index contributed by atoms with van der Waals surface area (Å²) in [6.07, 6.45) is 2.09. The fourth-order valence-electron chi connectivity index (χ4n) is 2.45. The van der Waals surface area contributed by atoms with Gasteiger partial charge < -0.3 is 21.1 Å². The van der Waals surface area contributed by atoms with E-state index in [1.165, 1.54) is 11.3 Å². The highest BCUT2D eigenvalue weighted by Gasteiger charge is 2.29. The summed E-state index contributed by atoms with van der Waals surface area (Å²) in [6, 6.07) is 0. The minimum atomic E-state index is -0.604. The Labute approximate surface area is 128 Å². The van der Waals surface area contributed by atoms with Gasteiger partial charge in [0.1, 0.15) is 9.88 Å². The molecule has 1 aliphatic rings. The van der Waals surface area contributed by atoms with E-state index in [4.69, 9.17) is 16.2 Å². The van der Waals surface area contributed by atoms with Gasteiger partial charge in [0.2, 0.25) is 0 Å². The Morgan fingerprint density at radius 3 is 2.52 bits per heavy atom. The van der Waals surface area contributed by atoms with Crippen LogP contribution < -0.4 is 16.4 Å². The van der Waals surface area contributed by atoms with Crippen LogP contribution in [0.2, 0.25) is 0 Å². The number of amides is 1. The SMILES string of the molecule is CCOC(=O)c1sc(N2CCC(C)CC2)c(C(N)=O)c1N. The van der Waals surface area contributed by atoms with Crippen molar-refractivity contribution in [2.24, 2.45) is 11.7 Å². The standard InChI is InChI=1S/C14H21N3O3S/c1-3-20-14(19)11-10(15)9(12(16)18)13(21-11)17-6-4-8(2)5-7-17/h8H,3-7,15H2,1-2H3,(H2,16,18). The molecule has 1 aromatic rings. The highest BCUT2D eigenvalue weighted by molar-refractivity contribution is 7.19. The molecule has 0 unspecified atom stereocenters. The molecule has 0 spiro atoms. The molecule has 0 saturated carbocycles. The van der Waals surface area contributed by atoms with Crippen LogP contribution in [-0.4, -0.2) is 31.6 Å². The molecule has 0 aliphatic carbocycles. The Morgan fingerprint density at radius 2 is 2.00 bits per heavy atom. The summed E-state index contributed by atoms with van der Waals surface area (Å²) < 4.78 is 4.98. The van der Waals surface area contributed by atoms with Crippen LogP contribution in [0.4, 0.5) is 10.7 Å². The van der Waals surface area contributed by atoms with Gasteiger partial charge in [0.25, 0.3) is 5.91 Å². The number of carbonyl (C=O) groups excluding carboxylic acids is 2. The largest absolute Gasteiger partial charge is 0.462 e. The average Bonchev–Trinajstić information content (AvgIpc) is 2.77. The third-order valence-corrected chi connectivity index (χ3v) is 4.95. The molecule has 2 rings (SSSR count). The number of thiophene rings is 1. The number of nitrogens with zero attached hydrogens (tertiary/aromatic N) is 1. The van der Waals surface area contributed by atoms with Crippen LogP contribution >= 0.6 is 11.3 Å². The predicted molar refractivity (Wildman–Crippen MR) is 83.8 cm³/mol. The van der Waals surface area contributed by atoms with Crippen LogP contribution in [0, 0.1) is 5.92 Å². The van der Waals surface area contributed by atoms with Crippen LogP contribution in [0.5, 0.6) is 0 Å². The molecule has 7 heteroatoms. The molecule has 116 valence electrons. The molecule has 21 heavy (non-hydrogen) atoms. The van der Waals surface area contributed by atoms with E-state index in [9.17, 15) is 9.59 Å². The molecule has 1 saturated heterocycles. The lowest BCUT2D eigenvalue weighted by Gasteiger charge is -2.31. The van der Waals surface area contributed by atoms with Crippen LogP contribution in [0.3, 0.4) is 0 Å². The number of hydrogen-bond acceptors (Lipinski definition) is 6. The van der Waals surface area contributed by atoms with Crippen LogP contribution in [-0.2, 0) is 4.74 Å². The molecule has 4 N–H and O–H groups in total. The maximum Gasteiger partial charge on any atom is 0.350 e. The number of nitrogens with two attached hydrogens (primary N) is 2. The molecule has 1 aliphatic heterocycles. The fraction of sp³-hybridized carbons (Fsp3) is 0.571. The van der Waals surface area contributed by atoms with Gasteiger partial charge in [-0.1, -0.05) is 6.92 Å². The average molecular weight is 311 g/mol. The Bertz CT molecular complexity index is 548. The molecule has 2 heterocycles. The zero-order valence-electron chi connectivity index (χ0n) is 12.3. The van der Waals surface area contributed by atoms with Gasteiger partial charge in [-0.3, -0.25) is 4.79 Å². The van der Waals surface area contributed by atoms with E-state index in [2.05, 4.69) is 11.8 Å². The Hall–Kier alpha value is -1.76. The van der Waals surface area contributed by atoms with E-state index in [-0.39, 0.29) is 22.7 Å². The summed E-state index contributed by atoms with van der Waals surface area (Å²) in [7, 11) is 0. The van der Waals surface area contributed by atoms with Gasteiger partial charge in [-0.15, -0.1) is 11.3 Å². The van der Waals surface area contributed by atoms with Gasteiger partial charge in [0.05, 0.1) is 17.9 Å². The van der Waals surface area contributed by atoms with Gasteiger partial charge in [0, 0.05) is 13.1 Å². The molecule has 1 amide bonds. The minimum Gasteiger partial charge on any atom is -0.462 e. The summed E-state index contributed by atoms with van der Waals surface area (Å²) in [4.78, 5) is 26.0. The van der Waals surface area contributed by atoms with Crippen LogP contribution in [0.1, 0.15) is 46.7 Å². The monoisotopic (exact) mass is 311 g/mol. The van der Waals surface area contributed by atoms with E-state index in [0.29, 0.717) is 10.9 Å². The molecule has 0 radical (unpaired) electrons. The Balaban J connectivity index is 2.38. The molecule has 1 fully saturated rings. The van der Waals surface area contributed by atoms with Gasteiger partial charge in [-0.2, -0.15) is 0 Å². The summed E-state index contributed by atoms with van der Waals surface area (Å²) >= 11 is 1.20. The van der Waals surface area contributed by atoms with Crippen molar-refractivity contribution in [3.63, 3.8) is 0 Å². The summed E-state index contributed by atoms with van der Waals surface area (Å²) in [5.74, 6) is -0.438. The van der Waals surface area contributed by atoms with E-state index in [1.807, 2.05) is 0 Å². The number of anilines is 2. The van der Waals surface area contributed by atoms with Crippen molar-refractivity contribution in [2.75, 3.05) is 30.3 Å². The smallest absolute Gasteiger partial charge is 0.350 e. The molecule has 6 nitrogen and oxygen atoms in total. The second kappa shape index (κ2) is 6.34. The quantitative estimate of drug-likeness (QED) is 0.827. The van der Waals surface area contributed by atoms with Crippen molar-refractivity contribution in [1.29, 1.82) is 0 Å². The molecule has 1 aromatic heterocycles. The lowest BCUT2D eigenvalue weighted by atomic mass is 9.99. The second-order valence-electron chi connectivity index (χ2n) is 5.28. The predicted octanol–water partition coefficient (Wildman–Crippen LogP) is 1.84. The Kier molecular flexibility index (Phi) is 4.72. The normalized spacial score (nSPS) is 16.0. The van der Waals surface area contributed by atoms with E-state index < -0.39 is 11.9 Å². The van der Waals surface area contributed by atoms with E-state index in [1.54, 1.807) is 6.92 Å². The van der Waals surface area contributed by atoms with Crippen molar-refractivity contribution in [1.82, 2.24) is 0 Å². The maximum atomic E-state index is 11.9. The fourth-order valence-corrected chi connectivity index (χ4v) is 3.62. The number of carbonyl (C=O) groups is 2. The number of rotatable bonds is 4. The highest BCUT2D eigenvalue weighted by Crippen LogP contribution is 2.40. The number of piperidine rings is 1. The topological polar surface area (TPSA) is 98.6 Å². The highest BCUT2D eigenvalue weighted by atomic mass is 32.1. The molecular formula is C14H21N3O3S. The second-order valence-corrected chi connectivity index (χ2v) is 6.28. The van der Waals surface area contributed by atoms with E-state index >= 15 is 0 Å². The van der Waals surface area contributed by atoms with Crippen LogP contribution in [0.25, 0.3) is 0 Å².